The van der Waals surface area contributed by atoms with Crippen LogP contribution in [0.2, 0.25) is 0 Å². The van der Waals surface area contributed by atoms with E-state index in [1.807, 2.05) is 11.8 Å². The highest BCUT2D eigenvalue weighted by molar-refractivity contribution is 7.98. The van der Waals surface area contributed by atoms with Gasteiger partial charge in [0, 0.05) is 6.54 Å². The van der Waals surface area contributed by atoms with Crippen molar-refractivity contribution in [1.29, 1.82) is 0 Å². The second kappa shape index (κ2) is 6.68. The van der Waals surface area contributed by atoms with Gasteiger partial charge in [0.25, 0.3) is 0 Å². The van der Waals surface area contributed by atoms with Crippen LogP contribution in [-0.4, -0.2) is 34.6 Å². The average molecular weight is 246 g/mol. The summed E-state index contributed by atoms with van der Waals surface area (Å²) in [6.45, 7) is 0.809. The van der Waals surface area contributed by atoms with Gasteiger partial charge in [-0.15, -0.1) is 11.3 Å². The van der Waals surface area contributed by atoms with Gasteiger partial charge in [0.15, 0.2) is 5.69 Å². The van der Waals surface area contributed by atoms with Crippen LogP contribution in [0.3, 0.4) is 0 Å². The molecule has 15 heavy (non-hydrogen) atoms. The number of hydrogen-bond acceptors (Lipinski definition) is 5. The number of thioether (sulfide) groups is 1. The summed E-state index contributed by atoms with van der Waals surface area (Å²) in [5.74, 6) is 0.179. The van der Waals surface area contributed by atoms with Crippen molar-refractivity contribution in [2.45, 2.75) is 12.8 Å². The Morgan fingerprint density at radius 3 is 3.13 bits per heavy atom. The van der Waals surface area contributed by atoms with Crippen LogP contribution in [0.4, 0.5) is 5.00 Å². The molecule has 0 amide bonds. The molecule has 1 heterocycles. The number of nitrogens with one attached hydrogen (secondary N) is 1. The third-order valence-electron chi connectivity index (χ3n) is 1.83. The number of nitrogens with zero attached hydrogens (tertiary/aromatic N) is 1. The molecule has 6 heteroatoms. The predicted octanol–water partition coefficient (Wildman–Crippen LogP) is 2.40. The fourth-order valence-corrected chi connectivity index (χ4v) is 2.29. The van der Waals surface area contributed by atoms with Crippen molar-refractivity contribution < 1.29 is 9.90 Å². The lowest BCUT2D eigenvalue weighted by Gasteiger charge is -2.03. The Bertz CT molecular complexity index is 315. The van der Waals surface area contributed by atoms with E-state index >= 15 is 0 Å². The number of carboxylic acid groups (broad SMARTS) is 1. The van der Waals surface area contributed by atoms with Crippen LogP contribution in [0.25, 0.3) is 0 Å². The molecule has 0 aliphatic carbocycles. The van der Waals surface area contributed by atoms with E-state index < -0.39 is 5.97 Å². The highest BCUT2D eigenvalue weighted by Crippen LogP contribution is 2.19. The van der Waals surface area contributed by atoms with Crippen LogP contribution in [-0.2, 0) is 0 Å². The van der Waals surface area contributed by atoms with Crippen LogP contribution in [0, 0.1) is 0 Å². The van der Waals surface area contributed by atoms with E-state index in [1.165, 1.54) is 11.3 Å². The number of unbranched alkanes of at least 4 members (excludes halogenated alkanes) is 1. The number of aromatic carboxylic acids is 1. The maximum Gasteiger partial charge on any atom is 0.357 e. The molecule has 0 atom stereocenters. The van der Waals surface area contributed by atoms with Crippen molar-refractivity contribution in [1.82, 2.24) is 4.98 Å². The molecular formula is C9H14N2O2S2. The molecule has 0 spiro atoms. The Hall–Kier alpha value is -0.750. The van der Waals surface area contributed by atoms with Gasteiger partial charge in [-0.25, -0.2) is 9.78 Å². The number of anilines is 1. The molecule has 0 aliphatic heterocycles. The minimum Gasteiger partial charge on any atom is -0.476 e. The fraction of sp³-hybridized carbons (Fsp3) is 0.556. The van der Waals surface area contributed by atoms with Gasteiger partial charge in [0.2, 0.25) is 0 Å². The number of aromatic nitrogens is 1. The third kappa shape index (κ3) is 4.09. The topological polar surface area (TPSA) is 62.2 Å². The maximum atomic E-state index is 10.7. The zero-order chi connectivity index (χ0) is 11.1. The monoisotopic (exact) mass is 246 g/mol. The summed E-state index contributed by atoms with van der Waals surface area (Å²) in [6.07, 6.45) is 4.28. The lowest BCUT2D eigenvalue weighted by Crippen LogP contribution is -2.06. The first-order chi connectivity index (χ1) is 7.25. The number of hydrogen-bond donors (Lipinski definition) is 2. The van der Waals surface area contributed by atoms with E-state index in [-0.39, 0.29) is 5.69 Å². The molecule has 1 aromatic heterocycles. The minimum absolute atomic E-state index is 0.130. The van der Waals surface area contributed by atoms with E-state index in [0.717, 1.165) is 25.1 Å². The summed E-state index contributed by atoms with van der Waals surface area (Å²) < 4.78 is 0. The molecule has 84 valence electrons. The first kappa shape index (κ1) is 12.3. The lowest BCUT2D eigenvalue weighted by molar-refractivity contribution is 0.0692. The van der Waals surface area contributed by atoms with Crippen molar-refractivity contribution in [2.75, 3.05) is 23.9 Å². The fourth-order valence-electron chi connectivity index (χ4n) is 1.10. The van der Waals surface area contributed by atoms with Gasteiger partial charge < -0.3 is 10.4 Å². The summed E-state index contributed by atoms with van der Waals surface area (Å²) in [7, 11) is 0. The Labute approximate surface area is 97.1 Å². The molecule has 0 unspecified atom stereocenters. The van der Waals surface area contributed by atoms with Gasteiger partial charge in [-0.1, -0.05) is 0 Å². The van der Waals surface area contributed by atoms with Crippen LogP contribution in [0.5, 0.6) is 0 Å². The van der Waals surface area contributed by atoms with Gasteiger partial charge in [0.05, 0.1) is 5.51 Å². The number of carboxylic acids is 1. The van der Waals surface area contributed by atoms with Gasteiger partial charge >= 0.3 is 5.97 Å². The van der Waals surface area contributed by atoms with E-state index in [4.69, 9.17) is 5.11 Å². The summed E-state index contributed by atoms with van der Waals surface area (Å²) in [4.78, 5) is 14.5. The standard InChI is InChI=1S/C9H14N2O2S2/c1-14-5-3-2-4-10-8-7(9(12)13)11-6-15-8/h6,10H,2-5H2,1H3,(H,12,13). The molecule has 2 N–H and O–H groups in total. The smallest absolute Gasteiger partial charge is 0.357 e. The van der Waals surface area contributed by atoms with Crippen molar-refractivity contribution in [3.8, 4) is 0 Å². The third-order valence-corrected chi connectivity index (χ3v) is 3.31. The number of carbonyl (C=O) groups is 1. The van der Waals surface area contributed by atoms with Crippen LogP contribution in [0.15, 0.2) is 5.51 Å². The first-order valence-corrected chi connectivity index (χ1v) is 6.92. The Kier molecular flexibility index (Phi) is 5.49. The van der Waals surface area contributed by atoms with Crippen molar-refractivity contribution in [2.24, 2.45) is 0 Å². The molecule has 0 saturated heterocycles. The molecular weight excluding hydrogens is 232 g/mol. The Balaban J connectivity index is 2.31. The van der Waals surface area contributed by atoms with E-state index in [9.17, 15) is 4.79 Å². The molecule has 0 bridgehead atoms. The SMILES string of the molecule is CSCCCCNc1scnc1C(=O)O. The number of thiazole rings is 1. The van der Waals surface area contributed by atoms with Crippen LogP contribution < -0.4 is 5.32 Å². The molecule has 4 nitrogen and oxygen atoms in total. The summed E-state index contributed by atoms with van der Waals surface area (Å²) in [6, 6.07) is 0. The predicted molar refractivity (Wildman–Crippen MR) is 65.2 cm³/mol. The first-order valence-electron chi connectivity index (χ1n) is 4.65. The van der Waals surface area contributed by atoms with Crippen LogP contribution >= 0.6 is 23.1 Å². The summed E-state index contributed by atoms with van der Waals surface area (Å²) >= 11 is 3.16. The minimum atomic E-state index is -0.970. The second-order valence-electron chi connectivity index (χ2n) is 2.96. The molecule has 0 radical (unpaired) electrons. The van der Waals surface area contributed by atoms with E-state index in [1.54, 1.807) is 5.51 Å². The average Bonchev–Trinajstić information content (AvgIpc) is 2.66. The largest absolute Gasteiger partial charge is 0.476 e. The summed E-state index contributed by atoms with van der Waals surface area (Å²) in [5, 5.41) is 12.6. The molecule has 0 saturated carbocycles. The van der Waals surface area contributed by atoms with Gasteiger partial charge in [-0.3, -0.25) is 0 Å². The Morgan fingerprint density at radius 2 is 2.47 bits per heavy atom. The van der Waals surface area contributed by atoms with Gasteiger partial charge in [0.1, 0.15) is 5.00 Å². The molecule has 1 rings (SSSR count). The summed E-state index contributed by atoms with van der Waals surface area (Å²) in [5.41, 5.74) is 1.68. The molecule has 1 aromatic rings. The van der Waals surface area contributed by atoms with Crippen LogP contribution in [0.1, 0.15) is 23.3 Å². The highest BCUT2D eigenvalue weighted by atomic mass is 32.2. The van der Waals surface area contributed by atoms with E-state index in [2.05, 4.69) is 16.6 Å². The molecule has 0 fully saturated rings. The van der Waals surface area contributed by atoms with E-state index in [0.29, 0.717) is 5.00 Å². The van der Waals surface area contributed by atoms with Gasteiger partial charge in [-0.05, 0) is 24.9 Å². The lowest BCUT2D eigenvalue weighted by atomic mass is 10.3. The van der Waals surface area contributed by atoms with Crippen molar-refractivity contribution in [3.05, 3.63) is 11.2 Å². The second-order valence-corrected chi connectivity index (χ2v) is 4.80. The maximum absolute atomic E-state index is 10.7. The zero-order valence-corrected chi connectivity index (χ0v) is 10.2. The highest BCUT2D eigenvalue weighted by Gasteiger charge is 2.12. The quantitative estimate of drug-likeness (QED) is 0.723. The Morgan fingerprint density at radius 1 is 1.67 bits per heavy atom. The van der Waals surface area contributed by atoms with Gasteiger partial charge in [-0.2, -0.15) is 11.8 Å². The number of rotatable bonds is 7. The zero-order valence-electron chi connectivity index (χ0n) is 8.52. The molecule has 0 aliphatic rings. The molecule has 0 aromatic carbocycles. The van der Waals surface area contributed by atoms with Crippen molar-refractivity contribution in [3.63, 3.8) is 0 Å². The normalized spacial score (nSPS) is 10.2. The van der Waals surface area contributed by atoms with Crippen molar-refractivity contribution >= 4 is 34.1 Å².